The molecule has 0 saturated heterocycles. The number of rotatable bonds is 5. The van der Waals surface area contributed by atoms with Crippen LogP contribution in [-0.4, -0.2) is 9.97 Å². The Hall–Kier alpha value is -7.50. The van der Waals surface area contributed by atoms with Gasteiger partial charge >= 0.3 is 0 Å². The quantitative estimate of drug-likeness (QED) is 0.175. The second-order valence-electron chi connectivity index (χ2n) is 15.8. The van der Waals surface area contributed by atoms with E-state index in [9.17, 15) is 0 Å². The third-order valence-corrected chi connectivity index (χ3v) is 12.0. The largest absolute Gasteiger partial charge is 0.456 e. The van der Waals surface area contributed by atoms with E-state index in [1.165, 1.54) is 27.8 Å². The standard InChI is InChI=1S/C53H34N2O3/c1-53(2)43-28-35(23-24-39(43)41-29-42-40-9-3-6-12-47(40)56-50(42)30-44(41)53)38-26-36(31-15-19-33(20-16-31)51-54-45-10-4-7-13-48(45)57-51)25-37(27-38)32-17-21-34(22-18-32)52-55-46-11-5-8-14-49(46)58-52/h3-30H,1-2H3. The second kappa shape index (κ2) is 12.2. The first-order valence-electron chi connectivity index (χ1n) is 19.6. The molecule has 0 aliphatic heterocycles. The summed E-state index contributed by atoms with van der Waals surface area (Å²) < 4.78 is 18.5. The van der Waals surface area contributed by atoms with Crippen molar-refractivity contribution in [2.24, 2.45) is 0 Å². The van der Waals surface area contributed by atoms with Crippen molar-refractivity contribution in [2.75, 3.05) is 0 Å². The number of furan rings is 1. The van der Waals surface area contributed by atoms with E-state index in [1.807, 2.05) is 60.7 Å². The zero-order chi connectivity index (χ0) is 38.5. The van der Waals surface area contributed by atoms with Crippen molar-refractivity contribution in [3.8, 4) is 67.4 Å². The number of hydrogen-bond acceptors (Lipinski definition) is 5. The van der Waals surface area contributed by atoms with E-state index in [0.29, 0.717) is 11.8 Å². The summed E-state index contributed by atoms with van der Waals surface area (Å²) in [5.41, 5.74) is 18.7. The van der Waals surface area contributed by atoms with Gasteiger partial charge in [-0.25, -0.2) is 9.97 Å². The molecule has 8 aromatic carbocycles. The Morgan fingerprint density at radius 2 is 0.828 bits per heavy atom. The van der Waals surface area contributed by atoms with Crippen LogP contribution >= 0.6 is 0 Å². The highest BCUT2D eigenvalue weighted by atomic mass is 16.4. The summed E-state index contributed by atoms with van der Waals surface area (Å²) in [6, 6.07) is 59.5. The van der Waals surface area contributed by atoms with Gasteiger partial charge in [0.1, 0.15) is 22.2 Å². The van der Waals surface area contributed by atoms with Gasteiger partial charge in [-0.2, -0.15) is 0 Å². The Morgan fingerprint density at radius 1 is 0.345 bits per heavy atom. The van der Waals surface area contributed by atoms with Gasteiger partial charge in [0.05, 0.1) is 0 Å². The maximum Gasteiger partial charge on any atom is 0.227 e. The van der Waals surface area contributed by atoms with Gasteiger partial charge in [0, 0.05) is 27.3 Å². The SMILES string of the molecule is CC1(C)c2cc(-c3cc(-c4ccc(-c5nc6ccccc6o5)cc4)cc(-c4ccc(-c5nc6ccccc6o5)cc4)c3)ccc2-c2cc3c(cc21)oc1ccccc13. The summed E-state index contributed by atoms with van der Waals surface area (Å²) >= 11 is 0. The number of benzene rings is 8. The normalized spacial score (nSPS) is 13.1. The van der Waals surface area contributed by atoms with Crippen molar-refractivity contribution in [2.45, 2.75) is 19.3 Å². The molecule has 0 saturated carbocycles. The van der Waals surface area contributed by atoms with Crippen LogP contribution in [0.15, 0.2) is 183 Å². The molecule has 3 aromatic heterocycles. The first-order valence-corrected chi connectivity index (χ1v) is 19.6. The van der Waals surface area contributed by atoms with E-state index in [2.05, 4.69) is 123 Å². The highest BCUT2D eigenvalue weighted by molar-refractivity contribution is 6.08. The van der Waals surface area contributed by atoms with E-state index in [-0.39, 0.29) is 5.41 Å². The van der Waals surface area contributed by atoms with Crippen LogP contribution in [0.3, 0.4) is 0 Å². The lowest BCUT2D eigenvalue weighted by Gasteiger charge is -2.22. The number of fused-ring (bicyclic) bond motifs is 8. The van der Waals surface area contributed by atoms with Crippen LogP contribution in [0.4, 0.5) is 0 Å². The lowest BCUT2D eigenvalue weighted by Crippen LogP contribution is -2.15. The fourth-order valence-electron chi connectivity index (χ4n) is 8.86. The third kappa shape index (κ3) is 5.10. The summed E-state index contributed by atoms with van der Waals surface area (Å²) in [7, 11) is 0. The molecular weight excluding hydrogens is 713 g/mol. The molecule has 0 bridgehead atoms. The molecule has 11 aromatic rings. The molecule has 58 heavy (non-hydrogen) atoms. The Bertz CT molecular complexity index is 3220. The highest BCUT2D eigenvalue weighted by Crippen LogP contribution is 2.52. The number of oxazole rings is 2. The fourth-order valence-corrected chi connectivity index (χ4v) is 8.86. The molecule has 0 amide bonds. The number of para-hydroxylation sites is 5. The fraction of sp³-hybridized carbons (Fsp3) is 0.0566. The lowest BCUT2D eigenvalue weighted by molar-refractivity contribution is 0.619. The summed E-state index contributed by atoms with van der Waals surface area (Å²) in [5, 5.41) is 2.31. The van der Waals surface area contributed by atoms with Crippen molar-refractivity contribution in [3.05, 3.63) is 181 Å². The Labute approximate surface area is 333 Å². The van der Waals surface area contributed by atoms with Crippen molar-refractivity contribution in [1.29, 1.82) is 0 Å². The first-order chi connectivity index (χ1) is 28.4. The minimum Gasteiger partial charge on any atom is -0.456 e. The Kier molecular flexibility index (Phi) is 6.91. The van der Waals surface area contributed by atoms with Gasteiger partial charge in [0.15, 0.2) is 11.2 Å². The van der Waals surface area contributed by atoms with Crippen molar-refractivity contribution in [1.82, 2.24) is 9.97 Å². The molecule has 12 rings (SSSR count). The minimum atomic E-state index is -0.213. The number of hydrogen-bond donors (Lipinski definition) is 0. The molecule has 274 valence electrons. The molecule has 3 heterocycles. The van der Waals surface area contributed by atoms with Gasteiger partial charge in [-0.05, 0) is 147 Å². The van der Waals surface area contributed by atoms with E-state index >= 15 is 0 Å². The van der Waals surface area contributed by atoms with Gasteiger partial charge in [-0.1, -0.05) is 92.7 Å². The molecule has 0 radical (unpaired) electrons. The van der Waals surface area contributed by atoms with Crippen LogP contribution in [0.1, 0.15) is 25.0 Å². The summed E-state index contributed by atoms with van der Waals surface area (Å²) in [6.07, 6.45) is 0. The lowest BCUT2D eigenvalue weighted by atomic mass is 9.81. The van der Waals surface area contributed by atoms with Crippen LogP contribution in [0, 0.1) is 0 Å². The Balaban J connectivity index is 0.965. The van der Waals surface area contributed by atoms with E-state index in [0.717, 1.165) is 83.1 Å². The van der Waals surface area contributed by atoms with Crippen LogP contribution in [-0.2, 0) is 5.41 Å². The minimum absolute atomic E-state index is 0.213. The van der Waals surface area contributed by atoms with Crippen molar-refractivity contribution in [3.63, 3.8) is 0 Å². The van der Waals surface area contributed by atoms with Crippen LogP contribution < -0.4 is 0 Å². The Morgan fingerprint density at radius 3 is 1.41 bits per heavy atom. The maximum absolute atomic E-state index is 6.35. The van der Waals surface area contributed by atoms with E-state index in [1.54, 1.807) is 0 Å². The summed E-state index contributed by atoms with van der Waals surface area (Å²) in [5.74, 6) is 1.23. The van der Waals surface area contributed by atoms with Crippen LogP contribution in [0.5, 0.6) is 0 Å². The predicted molar refractivity (Wildman–Crippen MR) is 234 cm³/mol. The van der Waals surface area contributed by atoms with E-state index in [4.69, 9.17) is 23.2 Å². The monoisotopic (exact) mass is 746 g/mol. The van der Waals surface area contributed by atoms with Gasteiger partial charge in [-0.3, -0.25) is 0 Å². The number of nitrogens with zero attached hydrogens (tertiary/aromatic N) is 2. The topological polar surface area (TPSA) is 65.2 Å². The number of aromatic nitrogens is 2. The zero-order valence-electron chi connectivity index (χ0n) is 31.8. The van der Waals surface area contributed by atoms with Crippen LogP contribution in [0.2, 0.25) is 0 Å². The molecule has 5 heteroatoms. The molecule has 0 N–H and O–H groups in total. The van der Waals surface area contributed by atoms with Crippen LogP contribution in [0.25, 0.3) is 112 Å². The molecule has 0 fully saturated rings. The molecule has 0 unspecified atom stereocenters. The van der Waals surface area contributed by atoms with Gasteiger partial charge < -0.3 is 13.3 Å². The van der Waals surface area contributed by atoms with Crippen molar-refractivity contribution < 1.29 is 13.3 Å². The average Bonchev–Trinajstić information content (AvgIpc) is 4.04. The smallest absolute Gasteiger partial charge is 0.227 e. The van der Waals surface area contributed by atoms with Crippen molar-refractivity contribution >= 4 is 44.1 Å². The summed E-state index contributed by atoms with van der Waals surface area (Å²) in [4.78, 5) is 9.46. The molecule has 1 aliphatic rings. The molecule has 1 aliphatic carbocycles. The van der Waals surface area contributed by atoms with Gasteiger partial charge in [0.25, 0.3) is 0 Å². The zero-order valence-corrected chi connectivity index (χ0v) is 31.8. The molecule has 0 spiro atoms. The summed E-state index contributed by atoms with van der Waals surface area (Å²) in [6.45, 7) is 4.66. The predicted octanol–water partition coefficient (Wildman–Crippen LogP) is 14.5. The first kappa shape index (κ1) is 32.7. The molecule has 0 atom stereocenters. The average molecular weight is 747 g/mol. The maximum atomic E-state index is 6.35. The van der Waals surface area contributed by atoms with Gasteiger partial charge in [-0.15, -0.1) is 0 Å². The molecule has 5 nitrogen and oxygen atoms in total. The highest BCUT2D eigenvalue weighted by Gasteiger charge is 2.36. The van der Waals surface area contributed by atoms with Gasteiger partial charge in [0.2, 0.25) is 11.8 Å². The molecular formula is C53H34N2O3. The third-order valence-electron chi connectivity index (χ3n) is 12.0. The second-order valence-corrected chi connectivity index (χ2v) is 15.8. The van der Waals surface area contributed by atoms with E-state index < -0.39 is 0 Å².